The first-order chi connectivity index (χ1) is 15.1. The summed E-state index contributed by atoms with van der Waals surface area (Å²) in [6.07, 6.45) is 5.50. The van der Waals surface area contributed by atoms with Crippen LogP contribution in [0, 0.1) is 12.8 Å². The van der Waals surface area contributed by atoms with Gasteiger partial charge < -0.3 is 10.2 Å². The molecule has 1 amide bonds. The standard InChI is InChI=1S/C25H24N4O2/c1-14-2-3-16(25(31)27-19-5-6-19)10-22(14)15-4-7-21-17(8-15)12-26-28-24(21)29-13-18-9-20(29)11-23(18)30/h2-4,7-8,10,12,18-20H,5-6,9,11,13H2,1H3,(H,27,31). The number of nitrogens with zero attached hydrogens (tertiary/aromatic N) is 3. The van der Waals surface area contributed by atoms with Crippen molar-refractivity contribution in [3.8, 4) is 11.1 Å². The van der Waals surface area contributed by atoms with Crippen molar-refractivity contribution in [3.63, 3.8) is 0 Å². The molecule has 156 valence electrons. The molecule has 1 aromatic heterocycles. The Morgan fingerprint density at radius 2 is 2.03 bits per heavy atom. The first-order valence-corrected chi connectivity index (χ1v) is 11.0. The maximum Gasteiger partial charge on any atom is 0.251 e. The minimum Gasteiger partial charge on any atom is -0.350 e. The second-order valence-corrected chi connectivity index (χ2v) is 9.16. The zero-order valence-corrected chi connectivity index (χ0v) is 17.5. The molecule has 31 heavy (non-hydrogen) atoms. The van der Waals surface area contributed by atoms with Crippen molar-refractivity contribution < 1.29 is 9.59 Å². The Hall–Kier alpha value is -3.28. The van der Waals surface area contributed by atoms with Gasteiger partial charge in [0, 0.05) is 47.3 Å². The lowest BCUT2D eigenvalue weighted by molar-refractivity contribution is -0.120. The molecule has 2 bridgehead atoms. The van der Waals surface area contributed by atoms with E-state index in [1.165, 1.54) is 0 Å². The zero-order chi connectivity index (χ0) is 21.1. The van der Waals surface area contributed by atoms with Crippen LogP contribution in [0.1, 0.15) is 41.6 Å². The smallest absolute Gasteiger partial charge is 0.251 e. The van der Waals surface area contributed by atoms with Crippen LogP contribution in [-0.2, 0) is 4.79 Å². The number of hydrogen-bond acceptors (Lipinski definition) is 5. The molecule has 1 aliphatic heterocycles. The van der Waals surface area contributed by atoms with E-state index in [9.17, 15) is 9.59 Å². The molecule has 1 saturated heterocycles. The molecule has 6 rings (SSSR count). The number of carbonyl (C=O) groups excluding carboxylic acids is 2. The predicted octanol–water partition coefficient (Wildman–Crippen LogP) is 3.67. The monoisotopic (exact) mass is 412 g/mol. The number of fused-ring (bicyclic) bond motifs is 3. The maximum absolute atomic E-state index is 12.5. The van der Waals surface area contributed by atoms with E-state index in [0.29, 0.717) is 23.8 Å². The Bertz CT molecular complexity index is 1230. The van der Waals surface area contributed by atoms with Gasteiger partial charge in [0.1, 0.15) is 5.78 Å². The molecule has 0 spiro atoms. The number of rotatable bonds is 4. The number of aromatic nitrogens is 2. The van der Waals surface area contributed by atoms with Crippen LogP contribution in [0.2, 0.25) is 0 Å². The topological polar surface area (TPSA) is 75.2 Å². The summed E-state index contributed by atoms with van der Waals surface area (Å²) in [5.74, 6) is 1.40. The second kappa shape index (κ2) is 6.87. The quantitative estimate of drug-likeness (QED) is 0.708. The molecular formula is C25H24N4O2. The fraction of sp³-hybridized carbons (Fsp3) is 0.360. The van der Waals surface area contributed by atoms with Crippen molar-refractivity contribution in [2.24, 2.45) is 5.92 Å². The SMILES string of the molecule is Cc1ccc(C(=O)NC2CC2)cc1-c1ccc2c(N3CC4CC3CC4=O)nncc2c1. The summed E-state index contributed by atoms with van der Waals surface area (Å²) < 4.78 is 0. The highest BCUT2D eigenvalue weighted by Crippen LogP contribution is 2.40. The van der Waals surface area contributed by atoms with Gasteiger partial charge in [-0.05, 0) is 67.1 Å². The van der Waals surface area contributed by atoms with Crippen LogP contribution in [0.5, 0.6) is 0 Å². The summed E-state index contributed by atoms with van der Waals surface area (Å²) >= 11 is 0. The van der Waals surface area contributed by atoms with Crippen molar-refractivity contribution in [1.82, 2.24) is 15.5 Å². The van der Waals surface area contributed by atoms with Crippen molar-refractivity contribution in [1.29, 1.82) is 0 Å². The molecule has 2 unspecified atom stereocenters. The van der Waals surface area contributed by atoms with Gasteiger partial charge in [0.15, 0.2) is 5.82 Å². The average Bonchev–Trinajstić information content (AvgIpc) is 3.39. The Balaban J connectivity index is 1.36. The highest BCUT2D eigenvalue weighted by Gasteiger charge is 2.44. The summed E-state index contributed by atoms with van der Waals surface area (Å²) in [5, 5.41) is 13.8. The van der Waals surface area contributed by atoms with Crippen LogP contribution < -0.4 is 10.2 Å². The van der Waals surface area contributed by atoms with Gasteiger partial charge >= 0.3 is 0 Å². The maximum atomic E-state index is 12.5. The number of Topliss-reactive ketones (excluding diaryl/α,β-unsaturated/α-hetero) is 1. The van der Waals surface area contributed by atoms with E-state index < -0.39 is 0 Å². The molecule has 6 heteroatoms. The van der Waals surface area contributed by atoms with Crippen molar-refractivity contribution in [2.75, 3.05) is 11.4 Å². The molecule has 2 aromatic carbocycles. The van der Waals surface area contributed by atoms with Gasteiger partial charge in [-0.3, -0.25) is 9.59 Å². The van der Waals surface area contributed by atoms with Crippen LogP contribution in [0.25, 0.3) is 21.9 Å². The van der Waals surface area contributed by atoms with Crippen LogP contribution >= 0.6 is 0 Å². The Labute approximate surface area is 180 Å². The number of piperidine rings is 1. The van der Waals surface area contributed by atoms with Crippen molar-refractivity contribution >= 4 is 28.3 Å². The molecule has 2 saturated carbocycles. The van der Waals surface area contributed by atoms with E-state index in [1.54, 1.807) is 6.20 Å². The van der Waals surface area contributed by atoms with Crippen LogP contribution in [0.3, 0.4) is 0 Å². The summed E-state index contributed by atoms with van der Waals surface area (Å²) in [6, 6.07) is 12.8. The fourth-order valence-electron chi connectivity index (χ4n) is 5.02. The molecule has 2 atom stereocenters. The third-order valence-corrected chi connectivity index (χ3v) is 6.94. The van der Waals surface area contributed by atoms with E-state index in [4.69, 9.17) is 0 Å². The van der Waals surface area contributed by atoms with Crippen LogP contribution in [0.4, 0.5) is 5.82 Å². The van der Waals surface area contributed by atoms with E-state index in [2.05, 4.69) is 45.5 Å². The second-order valence-electron chi connectivity index (χ2n) is 9.16. The van der Waals surface area contributed by atoms with Crippen molar-refractivity contribution in [2.45, 2.75) is 44.7 Å². The third-order valence-electron chi connectivity index (χ3n) is 6.94. The Morgan fingerprint density at radius 3 is 2.77 bits per heavy atom. The van der Waals surface area contributed by atoms with E-state index in [0.717, 1.165) is 59.1 Å². The molecule has 1 N–H and O–H groups in total. The highest BCUT2D eigenvalue weighted by molar-refractivity contribution is 5.98. The molecule has 6 nitrogen and oxygen atoms in total. The largest absolute Gasteiger partial charge is 0.350 e. The molecule has 2 heterocycles. The van der Waals surface area contributed by atoms with Gasteiger partial charge in [-0.2, -0.15) is 5.10 Å². The van der Waals surface area contributed by atoms with Gasteiger partial charge in [-0.25, -0.2) is 0 Å². The van der Waals surface area contributed by atoms with Gasteiger partial charge in [-0.15, -0.1) is 5.10 Å². The van der Waals surface area contributed by atoms with Gasteiger partial charge in [-0.1, -0.05) is 12.1 Å². The number of benzene rings is 2. The number of amides is 1. The minimum absolute atomic E-state index is 0.00340. The first kappa shape index (κ1) is 18.5. The number of carbonyl (C=O) groups is 2. The molecule has 3 aromatic rings. The first-order valence-electron chi connectivity index (χ1n) is 11.0. The number of nitrogens with one attached hydrogen (secondary N) is 1. The predicted molar refractivity (Wildman–Crippen MR) is 119 cm³/mol. The molecular weight excluding hydrogens is 388 g/mol. The molecule has 2 aliphatic carbocycles. The zero-order valence-electron chi connectivity index (χ0n) is 17.5. The van der Waals surface area contributed by atoms with Crippen LogP contribution in [-0.4, -0.2) is 40.5 Å². The van der Waals surface area contributed by atoms with Crippen LogP contribution in [0.15, 0.2) is 42.6 Å². The molecule has 0 radical (unpaired) electrons. The number of anilines is 1. The fourth-order valence-corrected chi connectivity index (χ4v) is 5.02. The summed E-state index contributed by atoms with van der Waals surface area (Å²) in [6.45, 7) is 2.81. The van der Waals surface area contributed by atoms with E-state index in [1.807, 2.05) is 18.2 Å². The lowest BCUT2D eigenvalue weighted by atomic mass is 9.96. The van der Waals surface area contributed by atoms with E-state index in [-0.39, 0.29) is 17.9 Å². The van der Waals surface area contributed by atoms with Gasteiger partial charge in [0.25, 0.3) is 5.91 Å². The Kier molecular flexibility index (Phi) is 4.10. The Morgan fingerprint density at radius 1 is 1.16 bits per heavy atom. The molecule has 3 fully saturated rings. The minimum atomic E-state index is -0.00340. The summed E-state index contributed by atoms with van der Waals surface area (Å²) in [7, 11) is 0. The summed E-state index contributed by atoms with van der Waals surface area (Å²) in [5.41, 5.74) is 3.93. The lowest BCUT2D eigenvalue weighted by Gasteiger charge is -2.28. The van der Waals surface area contributed by atoms with Gasteiger partial charge in [0.05, 0.1) is 6.20 Å². The van der Waals surface area contributed by atoms with Gasteiger partial charge in [0.2, 0.25) is 0 Å². The number of aryl methyl sites for hydroxylation is 1. The normalized spacial score (nSPS) is 22.4. The summed E-state index contributed by atoms with van der Waals surface area (Å²) in [4.78, 5) is 26.7. The molecule has 3 aliphatic rings. The lowest BCUT2D eigenvalue weighted by Crippen LogP contribution is -2.36. The number of hydrogen-bond donors (Lipinski definition) is 1. The number of ketones is 1. The van der Waals surface area contributed by atoms with E-state index >= 15 is 0 Å². The van der Waals surface area contributed by atoms with Crippen molar-refractivity contribution in [3.05, 3.63) is 53.7 Å². The highest BCUT2D eigenvalue weighted by atomic mass is 16.1. The third kappa shape index (κ3) is 3.17. The average molecular weight is 412 g/mol.